The molecule has 2 heterocycles. The molecule has 0 amide bonds. The molecule has 236 valence electrons. The average molecular weight is 605 g/mol. The van der Waals surface area contributed by atoms with E-state index in [0.29, 0.717) is 0 Å². The molecule has 0 N–H and O–H groups in total. The van der Waals surface area contributed by atoms with E-state index < -0.39 is 0 Å². The third-order valence-electron chi connectivity index (χ3n) is 9.63. The Morgan fingerprint density at radius 3 is 1.07 bits per heavy atom. The molecular formula is C40H52N4O+2. The van der Waals surface area contributed by atoms with Gasteiger partial charge in [0.15, 0.2) is 13.5 Å². The molecule has 45 heavy (non-hydrogen) atoms. The van der Waals surface area contributed by atoms with Gasteiger partial charge in [-0.25, -0.2) is 0 Å². The monoisotopic (exact) mass is 604 g/mol. The lowest BCUT2D eigenvalue weighted by Gasteiger charge is -2.35. The highest BCUT2D eigenvalue weighted by Crippen LogP contribution is 2.37. The molecule has 0 aromatic heterocycles. The average Bonchev–Trinajstić information content (AvgIpc) is 3.29. The molecule has 0 fully saturated rings. The van der Waals surface area contributed by atoms with E-state index in [0.717, 1.165) is 87.1 Å². The van der Waals surface area contributed by atoms with E-state index in [9.17, 15) is 0 Å². The van der Waals surface area contributed by atoms with Crippen LogP contribution in [0.3, 0.4) is 0 Å². The molecule has 0 bridgehead atoms. The number of ether oxygens (including phenoxy) is 1. The van der Waals surface area contributed by atoms with Crippen molar-refractivity contribution in [2.24, 2.45) is 0 Å². The van der Waals surface area contributed by atoms with Crippen LogP contribution in [0.5, 0.6) is 0 Å². The summed E-state index contributed by atoms with van der Waals surface area (Å²) in [6.07, 6.45) is 6.63. The van der Waals surface area contributed by atoms with Gasteiger partial charge in [0.25, 0.3) is 0 Å². The summed E-state index contributed by atoms with van der Waals surface area (Å²) in [5.74, 6) is 0. The summed E-state index contributed by atoms with van der Waals surface area (Å²) in [6.45, 7) is 5.62. The third-order valence-corrected chi connectivity index (χ3v) is 9.63. The second-order valence-electron chi connectivity index (χ2n) is 14.3. The number of hydrogen-bond acceptors (Lipinski definition) is 3. The quantitative estimate of drug-likeness (QED) is 0.122. The Morgan fingerprint density at radius 2 is 0.756 bits per heavy atom. The molecule has 2 aliphatic rings. The van der Waals surface area contributed by atoms with Crippen molar-refractivity contribution in [3.8, 4) is 0 Å². The summed E-state index contributed by atoms with van der Waals surface area (Å²) >= 11 is 0. The van der Waals surface area contributed by atoms with E-state index in [4.69, 9.17) is 4.74 Å². The Balaban J connectivity index is 1.000. The van der Waals surface area contributed by atoms with E-state index in [2.05, 4.69) is 135 Å². The highest BCUT2D eigenvalue weighted by molar-refractivity contribution is 5.72. The van der Waals surface area contributed by atoms with Crippen LogP contribution in [0, 0.1) is 0 Å². The van der Waals surface area contributed by atoms with Crippen LogP contribution < -0.4 is 9.80 Å². The number of anilines is 4. The van der Waals surface area contributed by atoms with Crippen molar-refractivity contribution in [2.75, 3.05) is 77.6 Å². The minimum absolute atomic E-state index is 0.724. The maximum atomic E-state index is 6.43. The van der Waals surface area contributed by atoms with Crippen molar-refractivity contribution in [3.05, 3.63) is 119 Å². The van der Waals surface area contributed by atoms with Crippen LogP contribution in [0.4, 0.5) is 22.7 Å². The molecule has 0 spiro atoms. The second kappa shape index (κ2) is 13.8. The van der Waals surface area contributed by atoms with E-state index in [1.807, 2.05) is 0 Å². The van der Waals surface area contributed by atoms with Crippen molar-refractivity contribution < 1.29 is 13.7 Å². The minimum atomic E-state index is 0.724. The fourth-order valence-corrected chi connectivity index (χ4v) is 7.20. The highest BCUT2D eigenvalue weighted by atomic mass is 16.5. The molecule has 0 atom stereocenters. The molecule has 0 radical (unpaired) electrons. The molecule has 0 unspecified atom stereocenters. The van der Waals surface area contributed by atoms with Gasteiger partial charge in [-0.1, -0.05) is 72.8 Å². The van der Waals surface area contributed by atoms with Crippen molar-refractivity contribution in [2.45, 2.75) is 38.5 Å². The summed E-state index contributed by atoms with van der Waals surface area (Å²) in [7, 11) is 9.22. The van der Waals surface area contributed by atoms with Crippen molar-refractivity contribution in [3.63, 3.8) is 0 Å². The molecule has 6 rings (SSSR count). The van der Waals surface area contributed by atoms with E-state index >= 15 is 0 Å². The van der Waals surface area contributed by atoms with Crippen LogP contribution in [0.1, 0.15) is 35.1 Å². The number of para-hydroxylation sites is 4. The Morgan fingerprint density at radius 1 is 0.467 bits per heavy atom. The Labute approximate surface area is 271 Å². The first-order chi connectivity index (χ1) is 21.8. The maximum absolute atomic E-state index is 6.43. The van der Waals surface area contributed by atoms with Gasteiger partial charge in [0.1, 0.15) is 0 Å². The van der Waals surface area contributed by atoms with Gasteiger partial charge in [0, 0.05) is 48.7 Å². The summed E-state index contributed by atoms with van der Waals surface area (Å²) in [4.78, 5) is 5.11. The van der Waals surface area contributed by atoms with E-state index in [-0.39, 0.29) is 0 Å². The number of aryl methyl sites for hydroxylation is 4. The molecular weight excluding hydrogens is 552 g/mol. The van der Waals surface area contributed by atoms with Crippen LogP contribution in [0.15, 0.2) is 97.1 Å². The topological polar surface area (TPSA) is 15.7 Å². The fourth-order valence-electron chi connectivity index (χ4n) is 7.20. The molecule has 0 saturated carbocycles. The van der Waals surface area contributed by atoms with Crippen molar-refractivity contribution in [1.82, 2.24) is 0 Å². The van der Waals surface area contributed by atoms with E-state index in [1.54, 1.807) is 0 Å². The van der Waals surface area contributed by atoms with E-state index in [1.165, 1.54) is 45.0 Å². The zero-order valence-electron chi connectivity index (χ0n) is 27.9. The van der Waals surface area contributed by atoms with Gasteiger partial charge in [-0.15, -0.1) is 0 Å². The highest BCUT2D eigenvalue weighted by Gasteiger charge is 2.25. The minimum Gasteiger partial charge on any atom is -0.341 e. The summed E-state index contributed by atoms with van der Waals surface area (Å²) in [5.41, 5.74) is 11.3. The molecule has 5 nitrogen and oxygen atoms in total. The molecule has 4 aromatic carbocycles. The standard InChI is InChI=1S/C40H52N4O/c1-43(2,29-13-27-41-37-19-9-5-15-33(37)23-24-34-16-6-10-20-38(34)41)31-45-32-44(3,4)30-14-28-42-39-21-11-7-17-35(39)25-26-36-18-8-12-22-40(36)42/h5-12,15-22H,13-14,23-32H2,1-4H3/q+2. The van der Waals surface area contributed by atoms with Gasteiger partial charge in [-0.05, 0) is 72.2 Å². The number of fused-ring (bicyclic) bond motifs is 4. The lowest BCUT2D eigenvalue weighted by atomic mass is 10.0. The molecule has 4 aromatic rings. The van der Waals surface area contributed by atoms with Gasteiger partial charge < -0.3 is 18.8 Å². The first-order valence-corrected chi connectivity index (χ1v) is 16.9. The summed E-state index contributed by atoms with van der Waals surface area (Å²) in [5, 5.41) is 0. The van der Waals surface area contributed by atoms with Gasteiger partial charge >= 0.3 is 0 Å². The van der Waals surface area contributed by atoms with Crippen LogP contribution in [0.2, 0.25) is 0 Å². The number of hydrogen-bond donors (Lipinski definition) is 0. The predicted molar refractivity (Wildman–Crippen MR) is 189 cm³/mol. The van der Waals surface area contributed by atoms with Crippen LogP contribution in [-0.2, 0) is 30.4 Å². The number of rotatable bonds is 12. The molecule has 2 aliphatic heterocycles. The molecule has 0 aliphatic carbocycles. The SMILES string of the molecule is C[N+](C)(CCCN1c2ccccc2CCc2ccccc21)COC[N+](C)(C)CCCN1c2ccccc2CCc2ccccc21. The lowest BCUT2D eigenvalue weighted by molar-refractivity contribution is -0.944. The van der Waals surface area contributed by atoms with Crippen LogP contribution >= 0.6 is 0 Å². The second-order valence-corrected chi connectivity index (χ2v) is 14.3. The zero-order chi connectivity index (χ0) is 31.3. The number of benzene rings is 4. The zero-order valence-corrected chi connectivity index (χ0v) is 27.9. The lowest BCUT2D eigenvalue weighted by Crippen LogP contribution is -2.48. The largest absolute Gasteiger partial charge is 0.341 e. The van der Waals surface area contributed by atoms with Crippen molar-refractivity contribution >= 4 is 22.7 Å². The molecule has 5 heteroatoms. The van der Waals surface area contributed by atoms with Gasteiger partial charge in [0.2, 0.25) is 0 Å². The first-order valence-electron chi connectivity index (χ1n) is 16.9. The fraction of sp³-hybridized carbons (Fsp3) is 0.400. The smallest absolute Gasteiger partial charge is 0.188 e. The van der Waals surface area contributed by atoms with Crippen LogP contribution in [-0.4, -0.2) is 76.8 Å². The summed E-state index contributed by atoms with van der Waals surface area (Å²) in [6, 6.07) is 35.8. The number of quaternary nitrogens is 2. The third kappa shape index (κ3) is 7.61. The van der Waals surface area contributed by atoms with Gasteiger partial charge in [-0.2, -0.15) is 0 Å². The number of nitrogens with zero attached hydrogens (tertiary/aromatic N) is 4. The molecule has 0 saturated heterocycles. The summed E-state index contributed by atoms with van der Waals surface area (Å²) < 4.78 is 8.15. The maximum Gasteiger partial charge on any atom is 0.188 e. The Bertz CT molecular complexity index is 1370. The van der Waals surface area contributed by atoms with Gasteiger partial charge in [0.05, 0.1) is 41.3 Å². The normalized spacial score (nSPS) is 14.6. The Hall–Kier alpha value is -3.64. The predicted octanol–water partition coefficient (Wildman–Crippen LogP) is 7.72. The van der Waals surface area contributed by atoms with Crippen molar-refractivity contribution in [1.29, 1.82) is 0 Å². The Kier molecular flexibility index (Phi) is 9.60. The van der Waals surface area contributed by atoms with Gasteiger partial charge in [-0.3, -0.25) is 4.74 Å². The van der Waals surface area contributed by atoms with Crippen LogP contribution in [0.25, 0.3) is 0 Å². The first kappa shape index (κ1) is 31.3.